The zero-order valence-electron chi connectivity index (χ0n) is 7.95. The highest BCUT2D eigenvalue weighted by Crippen LogP contribution is 1.98. The Hall–Kier alpha value is -0.960. The van der Waals surface area contributed by atoms with Gasteiger partial charge in [0, 0.05) is 24.9 Å². The molecule has 0 aliphatic heterocycles. The lowest BCUT2D eigenvalue weighted by atomic mass is 10.2. The average molecular weight is 194 g/mol. The second-order valence-corrected chi connectivity index (χ2v) is 3.67. The summed E-state index contributed by atoms with van der Waals surface area (Å²) >= 11 is 5.15. The Kier molecular flexibility index (Phi) is 3.83. The van der Waals surface area contributed by atoms with E-state index in [1.54, 1.807) is 12.4 Å². The maximum Gasteiger partial charge on any atom is 0.0781 e. The van der Waals surface area contributed by atoms with Crippen molar-refractivity contribution < 1.29 is 0 Å². The van der Waals surface area contributed by atoms with Gasteiger partial charge in [0.25, 0.3) is 0 Å². The second-order valence-electron chi connectivity index (χ2n) is 3.23. The predicted octanol–water partition coefficient (Wildman–Crippen LogP) is 2.15. The highest BCUT2D eigenvalue weighted by atomic mass is 32.1. The topological polar surface area (TPSA) is 24.9 Å². The van der Waals surface area contributed by atoms with Crippen molar-refractivity contribution in [3.05, 3.63) is 30.1 Å². The molecule has 0 saturated carbocycles. The first kappa shape index (κ1) is 10.1. The summed E-state index contributed by atoms with van der Waals surface area (Å²) in [6, 6.07) is 3.96. The van der Waals surface area contributed by atoms with Crippen molar-refractivity contribution in [2.24, 2.45) is 5.92 Å². The summed E-state index contributed by atoms with van der Waals surface area (Å²) in [5.41, 5.74) is 1.21. The van der Waals surface area contributed by atoms with Crippen LogP contribution in [0, 0.1) is 5.92 Å². The van der Waals surface area contributed by atoms with Gasteiger partial charge < -0.3 is 5.32 Å². The molecule has 1 aromatic heterocycles. The van der Waals surface area contributed by atoms with Crippen molar-refractivity contribution in [1.82, 2.24) is 10.3 Å². The van der Waals surface area contributed by atoms with Crippen LogP contribution in [-0.2, 0) is 6.54 Å². The zero-order chi connectivity index (χ0) is 9.68. The average Bonchev–Trinajstić information content (AvgIpc) is 2.15. The number of pyridine rings is 1. The summed E-state index contributed by atoms with van der Waals surface area (Å²) in [5, 5.41) is 3.20. The van der Waals surface area contributed by atoms with E-state index in [1.165, 1.54) is 5.56 Å². The van der Waals surface area contributed by atoms with E-state index < -0.39 is 0 Å². The van der Waals surface area contributed by atoms with E-state index in [4.69, 9.17) is 12.2 Å². The van der Waals surface area contributed by atoms with Gasteiger partial charge in [-0.25, -0.2) is 0 Å². The molecule has 0 aliphatic carbocycles. The van der Waals surface area contributed by atoms with Crippen LogP contribution in [0.2, 0.25) is 0 Å². The molecule has 0 atom stereocenters. The summed E-state index contributed by atoms with van der Waals surface area (Å²) in [4.78, 5) is 4.86. The highest BCUT2D eigenvalue weighted by Gasteiger charge is 2.00. The molecule has 1 rings (SSSR count). The van der Waals surface area contributed by atoms with E-state index in [0.717, 1.165) is 11.5 Å². The number of aromatic nitrogens is 1. The molecule has 0 aromatic carbocycles. The van der Waals surface area contributed by atoms with Crippen LogP contribution < -0.4 is 5.32 Å². The molecule has 0 aliphatic rings. The van der Waals surface area contributed by atoms with Crippen LogP contribution in [0.5, 0.6) is 0 Å². The predicted molar refractivity (Wildman–Crippen MR) is 58.5 cm³/mol. The van der Waals surface area contributed by atoms with Crippen LogP contribution in [0.15, 0.2) is 24.5 Å². The first-order valence-corrected chi connectivity index (χ1v) is 4.77. The molecular formula is C10H14N2S. The number of nitrogens with zero attached hydrogens (tertiary/aromatic N) is 1. The first-order valence-electron chi connectivity index (χ1n) is 4.37. The number of thiocarbonyl (C=S) groups is 1. The molecule has 0 spiro atoms. The van der Waals surface area contributed by atoms with Crippen LogP contribution in [0.3, 0.4) is 0 Å². The summed E-state index contributed by atoms with van der Waals surface area (Å²) in [5.74, 6) is 0.414. The van der Waals surface area contributed by atoms with E-state index in [0.29, 0.717) is 5.92 Å². The lowest BCUT2D eigenvalue weighted by molar-refractivity contribution is 0.808. The fourth-order valence-corrected chi connectivity index (χ4v) is 0.966. The number of nitrogens with one attached hydrogen (secondary N) is 1. The largest absolute Gasteiger partial charge is 0.375 e. The van der Waals surface area contributed by atoms with Crippen LogP contribution in [-0.4, -0.2) is 9.97 Å². The molecule has 13 heavy (non-hydrogen) atoms. The van der Waals surface area contributed by atoms with E-state index >= 15 is 0 Å². The molecule has 1 heterocycles. The minimum atomic E-state index is 0.414. The third-order valence-corrected chi connectivity index (χ3v) is 2.36. The summed E-state index contributed by atoms with van der Waals surface area (Å²) in [6.45, 7) is 4.96. The highest BCUT2D eigenvalue weighted by molar-refractivity contribution is 7.80. The lowest BCUT2D eigenvalue weighted by Crippen LogP contribution is -2.25. The molecule has 3 heteroatoms. The van der Waals surface area contributed by atoms with E-state index in [2.05, 4.69) is 24.1 Å². The van der Waals surface area contributed by atoms with Gasteiger partial charge in [0.1, 0.15) is 0 Å². The van der Waals surface area contributed by atoms with Gasteiger partial charge in [-0.1, -0.05) is 26.1 Å². The Balaban J connectivity index is 2.40. The van der Waals surface area contributed by atoms with Crippen molar-refractivity contribution in [1.29, 1.82) is 0 Å². The number of hydrogen-bond acceptors (Lipinski definition) is 2. The summed E-state index contributed by atoms with van der Waals surface area (Å²) in [7, 11) is 0. The maximum absolute atomic E-state index is 5.15. The SMILES string of the molecule is CC(C)C(=S)NCc1ccncc1. The Morgan fingerprint density at radius 3 is 2.62 bits per heavy atom. The Morgan fingerprint density at radius 1 is 1.46 bits per heavy atom. The fourth-order valence-electron chi connectivity index (χ4n) is 0.894. The quantitative estimate of drug-likeness (QED) is 0.746. The van der Waals surface area contributed by atoms with Gasteiger partial charge in [0.15, 0.2) is 0 Å². The standard InChI is InChI=1S/C10H14N2S/c1-8(2)10(13)12-7-9-3-5-11-6-4-9/h3-6,8H,7H2,1-2H3,(H,12,13). The Morgan fingerprint density at radius 2 is 2.08 bits per heavy atom. The maximum atomic E-state index is 5.15. The molecule has 0 bridgehead atoms. The monoisotopic (exact) mass is 194 g/mol. The normalized spacial score (nSPS) is 10.1. The van der Waals surface area contributed by atoms with Crippen LogP contribution in [0.25, 0.3) is 0 Å². The van der Waals surface area contributed by atoms with Crippen molar-refractivity contribution in [3.63, 3.8) is 0 Å². The summed E-state index contributed by atoms with van der Waals surface area (Å²) < 4.78 is 0. The van der Waals surface area contributed by atoms with Crippen molar-refractivity contribution in [2.45, 2.75) is 20.4 Å². The zero-order valence-corrected chi connectivity index (χ0v) is 8.77. The summed E-state index contributed by atoms with van der Waals surface area (Å²) in [6.07, 6.45) is 3.57. The van der Waals surface area contributed by atoms with E-state index in [-0.39, 0.29) is 0 Å². The van der Waals surface area contributed by atoms with Gasteiger partial charge in [-0.05, 0) is 17.7 Å². The molecular weight excluding hydrogens is 180 g/mol. The van der Waals surface area contributed by atoms with Gasteiger partial charge in [-0.2, -0.15) is 0 Å². The van der Waals surface area contributed by atoms with Gasteiger partial charge in [0.2, 0.25) is 0 Å². The molecule has 2 nitrogen and oxygen atoms in total. The smallest absolute Gasteiger partial charge is 0.0781 e. The fraction of sp³-hybridized carbons (Fsp3) is 0.400. The van der Waals surface area contributed by atoms with Gasteiger partial charge in [0.05, 0.1) is 4.99 Å². The second kappa shape index (κ2) is 4.92. The first-order chi connectivity index (χ1) is 6.20. The molecule has 0 saturated heterocycles. The third kappa shape index (κ3) is 3.51. The molecule has 0 unspecified atom stereocenters. The molecule has 1 aromatic rings. The molecule has 0 radical (unpaired) electrons. The third-order valence-electron chi connectivity index (χ3n) is 1.74. The minimum absolute atomic E-state index is 0.414. The van der Waals surface area contributed by atoms with E-state index in [1.807, 2.05) is 12.1 Å². The lowest BCUT2D eigenvalue weighted by Gasteiger charge is -2.10. The van der Waals surface area contributed by atoms with E-state index in [9.17, 15) is 0 Å². The van der Waals surface area contributed by atoms with Crippen molar-refractivity contribution >= 4 is 17.2 Å². The molecule has 0 fully saturated rings. The number of rotatable bonds is 3. The number of hydrogen-bond donors (Lipinski definition) is 1. The minimum Gasteiger partial charge on any atom is -0.375 e. The molecule has 0 amide bonds. The van der Waals surface area contributed by atoms with Crippen LogP contribution >= 0.6 is 12.2 Å². The van der Waals surface area contributed by atoms with Crippen LogP contribution in [0.1, 0.15) is 19.4 Å². The van der Waals surface area contributed by atoms with Crippen LogP contribution in [0.4, 0.5) is 0 Å². The molecule has 1 N–H and O–H groups in total. The molecule has 70 valence electrons. The van der Waals surface area contributed by atoms with Crippen molar-refractivity contribution in [3.8, 4) is 0 Å². The van der Waals surface area contributed by atoms with Crippen molar-refractivity contribution in [2.75, 3.05) is 0 Å². The van der Waals surface area contributed by atoms with Gasteiger partial charge >= 0.3 is 0 Å². The Bertz CT molecular complexity index is 270. The van der Waals surface area contributed by atoms with Gasteiger partial charge in [-0.15, -0.1) is 0 Å². The van der Waals surface area contributed by atoms with Gasteiger partial charge in [-0.3, -0.25) is 4.98 Å². The Labute approximate surface area is 84.4 Å².